The Balaban J connectivity index is 4.47. The largest absolute Gasteiger partial charge is 0.756 e. The standard InChI is InChI=1S/C54H84NO8P/c1-6-8-10-12-14-16-18-20-21-22-23-24-25-26-27-28-29-30-31-32-33-35-37-39-41-43-45-47-54(57)63-52(51-62-64(58,59)61-49-48-55(3,4)5)50-60-53(56)46-44-42-40-38-36-34-19-17-15-13-11-9-7-2/h8-11,14-17,20-21,23-24,26-27,29-30,32-34,36-37,39-40,42,52H,6-7,12-13,18-19,22,25,28,31,35,38,41,43-51H2,1-5H3/b10-8-,11-9-,16-14-,17-15-,21-20-,24-23-,27-26-,30-29-,33-32-,36-34-,39-37-,42-40-. The van der Waals surface area contributed by atoms with Gasteiger partial charge in [0.15, 0.2) is 6.10 Å². The van der Waals surface area contributed by atoms with Crippen LogP contribution in [0.4, 0.5) is 0 Å². The smallest absolute Gasteiger partial charge is 0.306 e. The van der Waals surface area contributed by atoms with E-state index in [0.717, 1.165) is 89.9 Å². The van der Waals surface area contributed by atoms with Crippen molar-refractivity contribution in [2.45, 2.75) is 136 Å². The predicted molar refractivity (Wildman–Crippen MR) is 267 cm³/mol. The maximum absolute atomic E-state index is 12.7. The van der Waals surface area contributed by atoms with Gasteiger partial charge in [0.25, 0.3) is 7.82 Å². The normalized spacial score (nSPS) is 14.8. The van der Waals surface area contributed by atoms with Crippen LogP contribution in [0.15, 0.2) is 146 Å². The summed E-state index contributed by atoms with van der Waals surface area (Å²) >= 11 is 0. The van der Waals surface area contributed by atoms with E-state index in [1.54, 1.807) is 0 Å². The molecule has 0 fully saturated rings. The average molecular weight is 906 g/mol. The maximum atomic E-state index is 12.7. The molecule has 2 atom stereocenters. The third kappa shape index (κ3) is 47.4. The van der Waals surface area contributed by atoms with Crippen LogP contribution in [0.3, 0.4) is 0 Å². The SMILES string of the molecule is CC/C=C\C/C=C\C/C=C\C/C=C\C/C=C\C/C=C\C/C=C\C/C=C\CCCCC(=O)OC(COC(=O)CC/C=C\C/C=C\C/C=C\C/C=C\CC)COP(=O)([O-])OCC[N+](C)(C)C. The molecule has 0 spiro atoms. The van der Waals surface area contributed by atoms with E-state index in [1.807, 2.05) is 33.3 Å². The maximum Gasteiger partial charge on any atom is 0.306 e. The third-order valence-corrected chi connectivity index (χ3v) is 9.83. The van der Waals surface area contributed by atoms with Crippen molar-refractivity contribution in [3.05, 3.63) is 146 Å². The minimum atomic E-state index is -4.67. The van der Waals surface area contributed by atoms with E-state index in [2.05, 4.69) is 148 Å². The number of esters is 2. The first-order valence-corrected chi connectivity index (χ1v) is 25.0. The van der Waals surface area contributed by atoms with Gasteiger partial charge in [0, 0.05) is 12.8 Å². The van der Waals surface area contributed by atoms with Crippen LogP contribution in [0.1, 0.15) is 129 Å². The van der Waals surface area contributed by atoms with Crippen molar-refractivity contribution in [2.24, 2.45) is 0 Å². The summed E-state index contributed by atoms with van der Waals surface area (Å²) < 4.78 is 33.8. The fourth-order valence-corrected chi connectivity index (χ4v) is 6.00. The molecule has 0 rings (SSSR count). The third-order valence-electron chi connectivity index (χ3n) is 8.87. The summed E-state index contributed by atoms with van der Waals surface area (Å²) in [6.07, 6.45) is 64.8. The number of likely N-dealkylation sites (N-methyl/N-ethyl adjacent to an activating group) is 1. The molecule has 358 valence electrons. The number of hydrogen-bond acceptors (Lipinski definition) is 8. The summed E-state index contributed by atoms with van der Waals surface area (Å²) in [5.74, 6) is -0.999. The van der Waals surface area contributed by atoms with Gasteiger partial charge >= 0.3 is 11.9 Å². The Bertz CT molecular complexity index is 1590. The number of rotatable bonds is 40. The highest BCUT2D eigenvalue weighted by Crippen LogP contribution is 2.38. The number of unbranched alkanes of at least 4 members (excludes halogenated alkanes) is 2. The monoisotopic (exact) mass is 906 g/mol. The fraction of sp³-hybridized carbons (Fsp3) is 0.519. The van der Waals surface area contributed by atoms with E-state index in [1.165, 1.54) is 0 Å². The van der Waals surface area contributed by atoms with Crippen molar-refractivity contribution >= 4 is 19.8 Å². The molecule has 0 heterocycles. The van der Waals surface area contributed by atoms with Crippen LogP contribution in [-0.2, 0) is 32.7 Å². The van der Waals surface area contributed by atoms with Crippen molar-refractivity contribution < 1.29 is 42.1 Å². The summed E-state index contributed by atoms with van der Waals surface area (Å²) in [5.41, 5.74) is 0. The predicted octanol–water partition coefficient (Wildman–Crippen LogP) is 13.4. The highest BCUT2D eigenvalue weighted by Gasteiger charge is 2.21. The molecule has 2 unspecified atom stereocenters. The van der Waals surface area contributed by atoms with Crippen LogP contribution in [-0.4, -0.2) is 70.0 Å². The molecule has 0 saturated heterocycles. The molecule has 0 saturated carbocycles. The van der Waals surface area contributed by atoms with E-state index in [4.69, 9.17) is 18.5 Å². The summed E-state index contributed by atoms with van der Waals surface area (Å²) in [6, 6.07) is 0. The number of hydrogen-bond donors (Lipinski definition) is 0. The minimum absolute atomic E-state index is 0.0595. The van der Waals surface area contributed by atoms with E-state index in [0.29, 0.717) is 23.9 Å². The second-order valence-corrected chi connectivity index (χ2v) is 17.4. The molecule has 0 aromatic heterocycles. The zero-order valence-corrected chi connectivity index (χ0v) is 41.0. The molecule has 0 aliphatic rings. The van der Waals surface area contributed by atoms with E-state index in [9.17, 15) is 19.0 Å². The number of phosphoric ester groups is 1. The fourth-order valence-electron chi connectivity index (χ4n) is 5.27. The second-order valence-electron chi connectivity index (χ2n) is 16.0. The molecule has 0 aliphatic heterocycles. The second kappa shape index (κ2) is 44.1. The quantitative estimate of drug-likeness (QED) is 0.0196. The first kappa shape index (κ1) is 59.9. The number of allylic oxidation sites excluding steroid dienone is 24. The van der Waals surface area contributed by atoms with Gasteiger partial charge in [-0.25, -0.2) is 0 Å². The van der Waals surface area contributed by atoms with Gasteiger partial charge in [-0.2, -0.15) is 0 Å². The zero-order valence-electron chi connectivity index (χ0n) is 40.2. The highest BCUT2D eigenvalue weighted by atomic mass is 31.2. The number of nitrogens with zero attached hydrogens (tertiary/aromatic N) is 1. The molecule has 0 aliphatic carbocycles. The molecule has 0 aromatic rings. The Morgan fingerprint density at radius 2 is 0.859 bits per heavy atom. The Kier molecular flexibility index (Phi) is 41.3. The van der Waals surface area contributed by atoms with Gasteiger partial charge in [0.2, 0.25) is 0 Å². The first-order chi connectivity index (χ1) is 31.0. The van der Waals surface area contributed by atoms with E-state index >= 15 is 0 Å². The van der Waals surface area contributed by atoms with Crippen molar-refractivity contribution in [1.29, 1.82) is 0 Å². The van der Waals surface area contributed by atoms with Crippen LogP contribution in [0.25, 0.3) is 0 Å². The molecular weight excluding hydrogens is 822 g/mol. The molecule has 0 aromatic carbocycles. The lowest BCUT2D eigenvalue weighted by Gasteiger charge is -2.28. The summed E-state index contributed by atoms with van der Waals surface area (Å²) in [7, 11) is 1.07. The molecule has 9 nitrogen and oxygen atoms in total. The van der Waals surface area contributed by atoms with Gasteiger partial charge < -0.3 is 27.9 Å². The summed E-state index contributed by atoms with van der Waals surface area (Å²) in [4.78, 5) is 37.5. The van der Waals surface area contributed by atoms with Gasteiger partial charge in [-0.15, -0.1) is 0 Å². The molecule has 10 heteroatoms. The summed E-state index contributed by atoms with van der Waals surface area (Å²) in [6.45, 7) is 3.81. The highest BCUT2D eigenvalue weighted by molar-refractivity contribution is 7.45. The molecule has 0 bridgehead atoms. The van der Waals surface area contributed by atoms with Gasteiger partial charge in [-0.3, -0.25) is 14.2 Å². The molecule has 0 radical (unpaired) electrons. The first-order valence-electron chi connectivity index (χ1n) is 23.5. The van der Waals surface area contributed by atoms with Crippen LogP contribution >= 0.6 is 7.82 Å². The lowest BCUT2D eigenvalue weighted by molar-refractivity contribution is -0.870. The molecular formula is C54H84NO8P. The zero-order chi connectivity index (χ0) is 47.1. The van der Waals surface area contributed by atoms with Gasteiger partial charge in [-0.05, 0) is 103 Å². The van der Waals surface area contributed by atoms with Gasteiger partial charge in [-0.1, -0.05) is 160 Å². The lowest BCUT2D eigenvalue weighted by Crippen LogP contribution is -2.37. The van der Waals surface area contributed by atoms with Crippen LogP contribution in [0.5, 0.6) is 0 Å². The minimum Gasteiger partial charge on any atom is -0.756 e. The van der Waals surface area contributed by atoms with E-state index in [-0.39, 0.29) is 26.1 Å². The van der Waals surface area contributed by atoms with Crippen molar-refractivity contribution in [3.63, 3.8) is 0 Å². The van der Waals surface area contributed by atoms with Crippen LogP contribution in [0.2, 0.25) is 0 Å². The van der Waals surface area contributed by atoms with Crippen molar-refractivity contribution in [1.82, 2.24) is 0 Å². The number of ether oxygens (including phenoxy) is 2. The van der Waals surface area contributed by atoms with Gasteiger partial charge in [0.1, 0.15) is 19.8 Å². The number of carbonyl (C=O) groups is 2. The number of quaternary nitrogens is 1. The Morgan fingerprint density at radius 1 is 0.484 bits per heavy atom. The average Bonchev–Trinajstić information content (AvgIpc) is 3.25. The van der Waals surface area contributed by atoms with Gasteiger partial charge in [0.05, 0.1) is 27.7 Å². The number of carbonyl (C=O) groups excluding carboxylic acids is 2. The lowest BCUT2D eigenvalue weighted by atomic mass is 10.2. The van der Waals surface area contributed by atoms with Crippen molar-refractivity contribution in [3.8, 4) is 0 Å². The Morgan fingerprint density at radius 3 is 1.25 bits per heavy atom. The Hall–Kier alpha value is -4.11. The molecule has 0 N–H and O–H groups in total. The van der Waals surface area contributed by atoms with Crippen molar-refractivity contribution in [2.75, 3.05) is 47.5 Å². The summed E-state index contributed by atoms with van der Waals surface area (Å²) in [5, 5.41) is 0. The van der Waals surface area contributed by atoms with E-state index < -0.39 is 32.5 Å². The topological polar surface area (TPSA) is 111 Å². The number of phosphoric acid groups is 1. The molecule has 0 amide bonds. The van der Waals surface area contributed by atoms with Crippen LogP contribution in [0, 0.1) is 0 Å². The van der Waals surface area contributed by atoms with Crippen LogP contribution < -0.4 is 4.89 Å². The Labute approximate surface area is 389 Å². The molecule has 64 heavy (non-hydrogen) atoms.